The summed E-state index contributed by atoms with van der Waals surface area (Å²) in [6, 6.07) is 0. The van der Waals surface area contributed by atoms with E-state index < -0.39 is 0 Å². The SMILES string of the molecule is CC(C)CCCC(C)(Cl)C1CCC(C)CCCC(C)CCCC(C)CC1=O. The van der Waals surface area contributed by atoms with Crippen molar-refractivity contribution < 1.29 is 4.79 Å². The molecule has 0 N–H and O–H groups in total. The molecule has 0 amide bonds. The molecule has 0 radical (unpaired) electrons. The molecule has 0 bridgehead atoms. The van der Waals surface area contributed by atoms with E-state index in [-0.39, 0.29) is 10.8 Å². The third-order valence-corrected chi connectivity index (χ3v) is 7.30. The molecule has 1 aliphatic carbocycles. The maximum atomic E-state index is 13.2. The van der Waals surface area contributed by atoms with Crippen LogP contribution in [0.4, 0.5) is 0 Å². The zero-order chi connectivity index (χ0) is 20.4. The molecule has 5 unspecified atom stereocenters. The molecule has 1 rings (SSSR count). The summed E-state index contributed by atoms with van der Waals surface area (Å²) in [4.78, 5) is 12.8. The van der Waals surface area contributed by atoms with Gasteiger partial charge in [-0.3, -0.25) is 4.79 Å². The first-order chi connectivity index (χ1) is 12.6. The van der Waals surface area contributed by atoms with Crippen LogP contribution in [0.25, 0.3) is 0 Å². The van der Waals surface area contributed by atoms with E-state index in [1.807, 2.05) is 0 Å². The molecule has 2 heteroatoms. The van der Waals surface area contributed by atoms with Crippen LogP contribution in [0.5, 0.6) is 0 Å². The fraction of sp³-hybridized carbons (Fsp3) is 0.960. The van der Waals surface area contributed by atoms with Crippen molar-refractivity contribution in [2.75, 3.05) is 0 Å². The van der Waals surface area contributed by atoms with Gasteiger partial charge in [-0.1, -0.05) is 86.0 Å². The lowest BCUT2D eigenvalue weighted by Crippen LogP contribution is -2.36. The van der Waals surface area contributed by atoms with E-state index in [4.69, 9.17) is 11.6 Å². The fourth-order valence-corrected chi connectivity index (χ4v) is 5.15. The minimum absolute atomic E-state index is 0.0260. The Kier molecular flexibility index (Phi) is 11.6. The lowest BCUT2D eigenvalue weighted by molar-refractivity contribution is -0.125. The molecule has 0 aromatic carbocycles. The van der Waals surface area contributed by atoms with Gasteiger partial charge in [0, 0.05) is 12.3 Å². The first-order valence-corrected chi connectivity index (χ1v) is 12.2. The standard InChI is InChI=1S/C25H47ClO/c1-19(2)10-9-17-25(6,26)23-16-15-21(4)13-7-11-20(3)12-8-14-22(5)18-24(23)27/h19-23H,7-18H2,1-6H3. The number of alkyl halides is 1. The predicted octanol–water partition coefficient (Wildman–Crippen LogP) is 8.43. The molecule has 27 heavy (non-hydrogen) atoms. The van der Waals surface area contributed by atoms with Crippen LogP contribution < -0.4 is 0 Å². The second kappa shape index (κ2) is 12.5. The summed E-state index contributed by atoms with van der Waals surface area (Å²) in [7, 11) is 0. The van der Waals surface area contributed by atoms with Crippen molar-refractivity contribution >= 4 is 17.4 Å². The van der Waals surface area contributed by atoms with Gasteiger partial charge in [0.1, 0.15) is 5.78 Å². The zero-order valence-corrected chi connectivity index (χ0v) is 19.9. The van der Waals surface area contributed by atoms with E-state index in [0.717, 1.165) is 38.0 Å². The quantitative estimate of drug-likeness (QED) is 0.424. The van der Waals surface area contributed by atoms with E-state index in [1.165, 1.54) is 44.9 Å². The Morgan fingerprint density at radius 1 is 0.926 bits per heavy atom. The minimum Gasteiger partial charge on any atom is -0.299 e. The molecule has 0 aromatic rings. The van der Waals surface area contributed by atoms with Gasteiger partial charge in [-0.25, -0.2) is 0 Å². The number of halogens is 1. The van der Waals surface area contributed by atoms with Crippen LogP contribution in [0.3, 0.4) is 0 Å². The van der Waals surface area contributed by atoms with Gasteiger partial charge in [-0.15, -0.1) is 11.6 Å². The highest BCUT2D eigenvalue weighted by Gasteiger charge is 2.37. The van der Waals surface area contributed by atoms with Crippen LogP contribution in [0.1, 0.15) is 119 Å². The molecule has 0 saturated heterocycles. The maximum Gasteiger partial charge on any atom is 0.137 e. The summed E-state index contributed by atoms with van der Waals surface area (Å²) in [5.74, 6) is 3.20. The van der Waals surface area contributed by atoms with Crippen LogP contribution in [0, 0.1) is 29.6 Å². The van der Waals surface area contributed by atoms with Crippen LogP contribution in [-0.4, -0.2) is 10.7 Å². The van der Waals surface area contributed by atoms with Gasteiger partial charge >= 0.3 is 0 Å². The number of ketones is 1. The molecule has 0 aromatic heterocycles. The third kappa shape index (κ3) is 10.3. The molecule has 1 nitrogen and oxygen atoms in total. The van der Waals surface area contributed by atoms with Crippen LogP contribution in [0.2, 0.25) is 0 Å². The second-order valence-electron chi connectivity index (χ2n) is 10.5. The topological polar surface area (TPSA) is 17.1 Å². The van der Waals surface area contributed by atoms with Gasteiger partial charge < -0.3 is 0 Å². The van der Waals surface area contributed by atoms with E-state index >= 15 is 0 Å². The van der Waals surface area contributed by atoms with Crippen LogP contribution in [-0.2, 0) is 4.79 Å². The maximum absolute atomic E-state index is 13.2. The molecular formula is C25H47ClO. The molecule has 160 valence electrons. The number of rotatable bonds is 5. The van der Waals surface area contributed by atoms with Crippen LogP contribution in [0.15, 0.2) is 0 Å². The zero-order valence-electron chi connectivity index (χ0n) is 19.2. The monoisotopic (exact) mass is 398 g/mol. The summed E-state index contributed by atoms with van der Waals surface area (Å²) in [6.07, 6.45) is 13.9. The highest BCUT2D eigenvalue weighted by atomic mass is 35.5. The highest BCUT2D eigenvalue weighted by molar-refractivity contribution is 6.25. The number of carbonyl (C=O) groups is 1. The Bertz CT molecular complexity index is 415. The molecular weight excluding hydrogens is 352 g/mol. The first-order valence-electron chi connectivity index (χ1n) is 11.8. The van der Waals surface area contributed by atoms with E-state index in [2.05, 4.69) is 41.5 Å². The van der Waals surface area contributed by atoms with Crippen molar-refractivity contribution in [3.8, 4) is 0 Å². The second-order valence-corrected chi connectivity index (χ2v) is 11.4. The fourth-order valence-electron chi connectivity index (χ4n) is 4.78. The van der Waals surface area contributed by atoms with Gasteiger partial charge in [0.05, 0.1) is 4.87 Å². The Morgan fingerprint density at radius 2 is 1.44 bits per heavy atom. The van der Waals surface area contributed by atoms with E-state index in [0.29, 0.717) is 23.5 Å². The summed E-state index contributed by atoms with van der Waals surface area (Å²) in [6.45, 7) is 13.7. The smallest absolute Gasteiger partial charge is 0.137 e. The van der Waals surface area contributed by atoms with Crippen molar-refractivity contribution in [3.05, 3.63) is 0 Å². The normalized spacial score (nSPS) is 32.1. The summed E-state index contributed by atoms with van der Waals surface area (Å²) in [5, 5.41) is 0. The summed E-state index contributed by atoms with van der Waals surface area (Å²) in [5.41, 5.74) is 0. The molecule has 0 spiro atoms. The molecule has 0 heterocycles. The Balaban J connectivity index is 2.79. The lowest BCUT2D eigenvalue weighted by Gasteiger charge is -2.33. The molecule has 0 aliphatic heterocycles. The highest BCUT2D eigenvalue weighted by Crippen LogP contribution is 2.38. The Morgan fingerprint density at radius 3 is 2.00 bits per heavy atom. The molecule has 5 atom stereocenters. The van der Waals surface area contributed by atoms with Crippen molar-refractivity contribution in [2.24, 2.45) is 29.6 Å². The molecule has 1 fully saturated rings. The predicted molar refractivity (Wildman–Crippen MR) is 120 cm³/mol. The van der Waals surface area contributed by atoms with Crippen molar-refractivity contribution in [3.63, 3.8) is 0 Å². The van der Waals surface area contributed by atoms with Gasteiger partial charge in [-0.05, 0) is 49.9 Å². The van der Waals surface area contributed by atoms with Gasteiger partial charge in [0.25, 0.3) is 0 Å². The van der Waals surface area contributed by atoms with Gasteiger partial charge in [0.2, 0.25) is 0 Å². The van der Waals surface area contributed by atoms with Crippen molar-refractivity contribution in [2.45, 2.75) is 123 Å². The van der Waals surface area contributed by atoms with Gasteiger partial charge in [0.15, 0.2) is 0 Å². The Hall–Kier alpha value is -0.0400. The third-order valence-electron chi connectivity index (χ3n) is 6.85. The number of Topliss-reactive ketones (excluding diaryl/α,β-unsaturated/α-hetero) is 1. The number of hydrogen-bond acceptors (Lipinski definition) is 1. The van der Waals surface area contributed by atoms with E-state index in [1.54, 1.807) is 0 Å². The number of carbonyl (C=O) groups excluding carboxylic acids is 1. The van der Waals surface area contributed by atoms with E-state index in [9.17, 15) is 4.79 Å². The summed E-state index contributed by atoms with van der Waals surface area (Å²) >= 11 is 7.04. The first kappa shape index (κ1) is 25.0. The average Bonchev–Trinajstić information content (AvgIpc) is 2.53. The minimum atomic E-state index is -0.378. The van der Waals surface area contributed by atoms with Gasteiger partial charge in [-0.2, -0.15) is 0 Å². The summed E-state index contributed by atoms with van der Waals surface area (Å²) < 4.78 is 0. The lowest BCUT2D eigenvalue weighted by atomic mass is 9.77. The Labute approximate surface area is 175 Å². The largest absolute Gasteiger partial charge is 0.299 e. The number of hydrogen-bond donors (Lipinski definition) is 0. The van der Waals surface area contributed by atoms with Crippen molar-refractivity contribution in [1.82, 2.24) is 0 Å². The average molecular weight is 399 g/mol. The van der Waals surface area contributed by atoms with Crippen molar-refractivity contribution in [1.29, 1.82) is 0 Å². The molecule has 1 aliphatic rings. The molecule has 1 saturated carbocycles. The van der Waals surface area contributed by atoms with Crippen LogP contribution >= 0.6 is 11.6 Å².